The lowest BCUT2D eigenvalue weighted by molar-refractivity contribution is 0.0696. The summed E-state index contributed by atoms with van der Waals surface area (Å²) in [5, 5.41) is 17.9. The molecule has 0 aromatic heterocycles. The maximum absolute atomic E-state index is 13.7. The van der Waals surface area contributed by atoms with Gasteiger partial charge in [0.15, 0.2) is 0 Å². The van der Waals surface area contributed by atoms with Crippen molar-refractivity contribution in [3.63, 3.8) is 0 Å². The Morgan fingerprint density at radius 3 is 2.68 bits per heavy atom. The summed E-state index contributed by atoms with van der Waals surface area (Å²) in [5.41, 5.74) is 0.431. The average Bonchev–Trinajstić information content (AvgIpc) is 2.38. The van der Waals surface area contributed by atoms with E-state index in [1.54, 1.807) is 0 Å². The number of hydrogen-bond donors (Lipinski definition) is 2. The van der Waals surface area contributed by atoms with Crippen LogP contribution in [-0.2, 0) is 6.54 Å². The Labute approximate surface area is 112 Å². The summed E-state index contributed by atoms with van der Waals surface area (Å²) >= 11 is 0. The van der Waals surface area contributed by atoms with Crippen LogP contribution >= 0.6 is 0 Å². The number of carboxylic acids is 1. The number of aliphatic hydroxyl groups excluding tert-OH is 1. The van der Waals surface area contributed by atoms with Crippen molar-refractivity contribution in [2.45, 2.75) is 26.3 Å². The molecule has 0 amide bonds. The molecule has 1 aromatic carbocycles. The van der Waals surface area contributed by atoms with Gasteiger partial charge in [0.1, 0.15) is 5.82 Å². The van der Waals surface area contributed by atoms with Crippen LogP contribution in [-0.4, -0.2) is 40.8 Å². The van der Waals surface area contributed by atoms with Gasteiger partial charge >= 0.3 is 5.97 Å². The Balaban J connectivity index is 2.81. The standard InChI is InChI=1S/C14H20FNO3/c1-2-3-6-16(7-8-17)10-12-9-11(14(18)19)4-5-13(12)15/h4-5,9,17H,2-3,6-8,10H2,1H3,(H,18,19). The highest BCUT2D eigenvalue weighted by molar-refractivity contribution is 5.87. The van der Waals surface area contributed by atoms with Crippen LogP contribution in [0.25, 0.3) is 0 Å². The molecule has 0 spiro atoms. The molecule has 2 N–H and O–H groups in total. The summed E-state index contributed by atoms with van der Waals surface area (Å²) in [6, 6.07) is 3.79. The van der Waals surface area contributed by atoms with E-state index in [2.05, 4.69) is 6.92 Å². The van der Waals surface area contributed by atoms with Crippen LogP contribution in [0.5, 0.6) is 0 Å². The molecule has 19 heavy (non-hydrogen) atoms. The number of benzene rings is 1. The first-order valence-electron chi connectivity index (χ1n) is 6.43. The molecule has 0 saturated carbocycles. The second-order valence-electron chi connectivity index (χ2n) is 4.46. The van der Waals surface area contributed by atoms with Crippen LogP contribution < -0.4 is 0 Å². The molecule has 0 aliphatic carbocycles. The van der Waals surface area contributed by atoms with Gasteiger partial charge in [-0.05, 0) is 31.2 Å². The van der Waals surface area contributed by atoms with Crippen LogP contribution in [0.3, 0.4) is 0 Å². The quantitative estimate of drug-likeness (QED) is 0.759. The van der Waals surface area contributed by atoms with Crippen LogP contribution in [0.2, 0.25) is 0 Å². The molecule has 4 nitrogen and oxygen atoms in total. The monoisotopic (exact) mass is 269 g/mol. The van der Waals surface area contributed by atoms with Gasteiger partial charge in [0.05, 0.1) is 12.2 Å². The van der Waals surface area contributed by atoms with E-state index < -0.39 is 11.8 Å². The molecule has 5 heteroatoms. The number of aliphatic hydroxyl groups is 1. The lowest BCUT2D eigenvalue weighted by Crippen LogP contribution is -2.28. The Morgan fingerprint density at radius 2 is 2.11 bits per heavy atom. The highest BCUT2D eigenvalue weighted by Crippen LogP contribution is 2.14. The van der Waals surface area contributed by atoms with Gasteiger partial charge in [-0.2, -0.15) is 0 Å². The number of rotatable bonds is 8. The highest BCUT2D eigenvalue weighted by atomic mass is 19.1. The minimum Gasteiger partial charge on any atom is -0.478 e. The van der Waals surface area contributed by atoms with Gasteiger partial charge in [-0.3, -0.25) is 4.90 Å². The van der Waals surface area contributed by atoms with Crippen molar-refractivity contribution in [1.29, 1.82) is 0 Å². The predicted octanol–water partition coefficient (Wildman–Crippen LogP) is 2.12. The summed E-state index contributed by atoms with van der Waals surface area (Å²) in [6.07, 6.45) is 1.97. The lowest BCUT2D eigenvalue weighted by Gasteiger charge is -2.21. The molecule has 1 rings (SSSR count). The third kappa shape index (κ3) is 4.96. The smallest absolute Gasteiger partial charge is 0.335 e. The van der Waals surface area contributed by atoms with E-state index >= 15 is 0 Å². The van der Waals surface area contributed by atoms with Crippen LogP contribution in [0.15, 0.2) is 18.2 Å². The van der Waals surface area contributed by atoms with Crippen LogP contribution in [0.4, 0.5) is 4.39 Å². The fraction of sp³-hybridized carbons (Fsp3) is 0.500. The summed E-state index contributed by atoms with van der Waals surface area (Å²) in [5.74, 6) is -1.48. The summed E-state index contributed by atoms with van der Waals surface area (Å²) in [4.78, 5) is 12.8. The molecule has 1 aromatic rings. The number of halogens is 1. The number of nitrogens with zero attached hydrogens (tertiary/aromatic N) is 1. The highest BCUT2D eigenvalue weighted by Gasteiger charge is 2.12. The second-order valence-corrected chi connectivity index (χ2v) is 4.46. The van der Waals surface area contributed by atoms with Gasteiger partial charge in [-0.25, -0.2) is 9.18 Å². The Hall–Kier alpha value is -1.46. The van der Waals surface area contributed by atoms with Crippen molar-refractivity contribution in [3.8, 4) is 0 Å². The van der Waals surface area contributed by atoms with E-state index in [0.717, 1.165) is 19.4 Å². The molecule has 0 heterocycles. The fourth-order valence-electron chi connectivity index (χ4n) is 1.86. The zero-order chi connectivity index (χ0) is 14.3. The van der Waals surface area contributed by atoms with Crippen molar-refractivity contribution >= 4 is 5.97 Å². The number of carboxylic acid groups (broad SMARTS) is 1. The molecule has 0 aliphatic rings. The third-order valence-electron chi connectivity index (χ3n) is 2.93. The first-order chi connectivity index (χ1) is 9.08. The third-order valence-corrected chi connectivity index (χ3v) is 2.93. The van der Waals surface area contributed by atoms with E-state index in [9.17, 15) is 9.18 Å². The lowest BCUT2D eigenvalue weighted by atomic mass is 10.1. The van der Waals surface area contributed by atoms with Gasteiger partial charge in [-0.15, -0.1) is 0 Å². The second kappa shape index (κ2) is 7.86. The zero-order valence-corrected chi connectivity index (χ0v) is 11.1. The van der Waals surface area contributed by atoms with Crippen molar-refractivity contribution < 1.29 is 19.4 Å². The Morgan fingerprint density at radius 1 is 1.37 bits per heavy atom. The minimum atomic E-state index is -1.07. The molecular weight excluding hydrogens is 249 g/mol. The number of hydrogen-bond acceptors (Lipinski definition) is 3. The SMILES string of the molecule is CCCCN(CCO)Cc1cc(C(=O)O)ccc1F. The zero-order valence-electron chi connectivity index (χ0n) is 11.1. The first-order valence-corrected chi connectivity index (χ1v) is 6.43. The number of aromatic carboxylic acids is 1. The molecule has 0 unspecified atom stereocenters. The summed E-state index contributed by atoms with van der Waals surface area (Å²) < 4.78 is 13.7. The molecule has 0 fully saturated rings. The van der Waals surface area contributed by atoms with Gasteiger partial charge in [0.25, 0.3) is 0 Å². The normalized spacial score (nSPS) is 10.9. The Kier molecular flexibility index (Phi) is 6.45. The van der Waals surface area contributed by atoms with E-state index in [1.165, 1.54) is 18.2 Å². The van der Waals surface area contributed by atoms with E-state index in [1.807, 2.05) is 4.90 Å². The first kappa shape index (κ1) is 15.6. The average molecular weight is 269 g/mol. The van der Waals surface area contributed by atoms with Gasteiger partial charge in [0.2, 0.25) is 0 Å². The molecule has 0 radical (unpaired) electrons. The van der Waals surface area contributed by atoms with Crippen LogP contribution in [0.1, 0.15) is 35.7 Å². The predicted molar refractivity (Wildman–Crippen MR) is 70.6 cm³/mol. The Bertz CT molecular complexity index is 423. The molecule has 0 aliphatic heterocycles. The number of unbranched alkanes of at least 4 members (excludes halogenated alkanes) is 1. The van der Waals surface area contributed by atoms with Crippen molar-refractivity contribution in [2.24, 2.45) is 0 Å². The largest absolute Gasteiger partial charge is 0.478 e. The maximum atomic E-state index is 13.7. The van der Waals surface area contributed by atoms with Crippen molar-refractivity contribution in [2.75, 3.05) is 19.7 Å². The molecule has 0 bridgehead atoms. The van der Waals surface area contributed by atoms with Gasteiger partial charge < -0.3 is 10.2 Å². The van der Waals surface area contributed by atoms with E-state index in [4.69, 9.17) is 10.2 Å². The summed E-state index contributed by atoms with van der Waals surface area (Å²) in [7, 11) is 0. The molecule has 0 atom stereocenters. The van der Waals surface area contributed by atoms with E-state index in [0.29, 0.717) is 18.7 Å². The van der Waals surface area contributed by atoms with E-state index in [-0.39, 0.29) is 12.2 Å². The topological polar surface area (TPSA) is 60.8 Å². The van der Waals surface area contributed by atoms with Gasteiger partial charge in [0, 0.05) is 18.7 Å². The number of carbonyl (C=O) groups is 1. The fourth-order valence-corrected chi connectivity index (χ4v) is 1.86. The van der Waals surface area contributed by atoms with Crippen LogP contribution in [0, 0.1) is 5.82 Å². The molecular formula is C14H20FNO3. The van der Waals surface area contributed by atoms with Crippen molar-refractivity contribution in [1.82, 2.24) is 4.90 Å². The minimum absolute atomic E-state index is 0.00392. The maximum Gasteiger partial charge on any atom is 0.335 e. The van der Waals surface area contributed by atoms with Gasteiger partial charge in [-0.1, -0.05) is 13.3 Å². The molecule has 0 saturated heterocycles. The summed E-state index contributed by atoms with van der Waals surface area (Å²) in [6.45, 7) is 3.59. The van der Waals surface area contributed by atoms with Crippen molar-refractivity contribution in [3.05, 3.63) is 35.1 Å². The molecule has 106 valence electrons.